The summed E-state index contributed by atoms with van der Waals surface area (Å²) in [6.07, 6.45) is 4.64. The molecule has 0 aliphatic heterocycles. The van der Waals surface area contributed by atoms with Crippen molar-refractivity contribution in [1.82, 2.24) is 9.78 Å². The smallest absolute Gasteiger partial charge is 0.0625 e. The Labute approximate surface area is 72.0 Å². The van der Waals surface area contributed by atoms with Crippen molar-refractivity contribution in [3.8, 4) is 0 Å². The van der Waals surface area contributed by atoms with Crippen LogP contribution >= 0.6 is 0 Å². The average molecular weight is 169 g/mol. The molecule has 0 bridgehead atoms. The fraction of sp³-hybridized carbons (Fsp3) is 0.625. The van der Waals surface area contributed by atoms with Gasteiger partial charge >= 0.3 is 0 Å². The number of aryl methyl sites for hydroxylation is 1. The van der Waals surface area contributed by atoms with E-state index in [1.54, 1.807) is 6.20 Å². The van der Waals surface area contributed by atoms with E-state index in [0.717, 1.165) is 18.5 Å². The van der Waals surface area contributed by atoms with Crippen LogP contribution in [-0.4, -0.2) is 21.5 Å². The summed E-state index contributed by atoms with van der Waals surface area (Å²) >= 11 is 0. The van der Waals surface area contributed by atoms with Crippen molar-refractivity contribution in [3.63, 3.8) is 0 Å². The van der Waals surface area contributed by atoms with Crippen molar-refractivity contribution < 1.29 is 5.11 Å². The highest BCUT2D eigenvalue weighted by atomic mass is 16.3. The Kier molecular flexibility index (Phi) is 3.25. The molecule has 4 nitrogen and oxygen atoms in total. The van der Waals surface area contributed by atoms with Crippen LogP contribution < -0.4 is 5.73 Å². The Balaban J connectivity index is 2.63. The Morgan fingerprint density at radius 3 is 3.08 bits per heavy atom. The molecule has 1 heterocycles. The topological polar surface area (TPSA) is 64.1 Å². The van der Waals surface area contributed by atoms with Crippen LogP contribution in [0, 0.1) is 0 Å². The summed E-state index contributed by atoms with van der Waals surface area (Å²) in [7, 11) is 0. The van der Waals surface area contributed by atoms with Gasteiger partial charge in [0.05, 0.1) is 18.8 Å². The first kappa shape index (κ1) is 9.22. The molecule has 0 amide bonds. The van der Waals surface area contributed by atoms with Gasteiger partial charge in [-0.3, -0.25) is 4.68 Å². The lowest BCUT2D eigenvalue weighted by molar-refractivity contribution is 0.268. The van der Waals surface area contributed by atoms with Gasteiger partial charge in [-0.2, -0.15) is 5.10 Å². The van der Waals surface area contributed by atoms with Gasteiger partial charge in [0.1, 0.15) is 0 Å². The second-order valence-corrected chi connectivity index (χ2v) is 2.83. The standard InChI is InChI=1S/C8H15N3O/c1-2-3-11-5-7(4-10-11)8(9)6-12/h4-5,8,12H,2-3,6,9H2,1H3. The number of aliphatic hydroxyl groups is 1. The molecule has 12 heavy (non-hydrogen) atoms. The van der Waals surface area contributed by atoms with E-state index >= 15 is 0 Å². The molecule has 1 aromatic heterocycles. The normalized spacial score (nSPS) is 13.2. The third kappa shape index (κ3) is 2.06. The van der Waals surface area contributed by atoms with Crippen molar-refractivity contribution in [1.29, 1.82) is 0 Å². The molecule has 0 aromatic carbocycles. The summed E-state index contributed by atoms with van der Waals surface area (Å²) in [6.45, 7) is 2.96. The largest absolute Gasteiger partial charge is 0.394 e. The molecule has 1 aromatic rings. The van der Waals surface area contributed by atoms with Gasteiger partial charge in [0.2, 0.25) is 0 Å². The number of hydrogen-bond donors (Lipinski definition) is 2. The van der Waals surface area contributed by atoms with Crippen molar-refractivity contribution >= 4 is 0 Å². The van der Waals surface area contributed by atoms with E-state index in [4.69, 9.17) is 10.8 Å². The van der Waals surface area contributed by atoms with Gasteiger partial charge < -0.3 is 10.8 Å². The molecule has 0 saturated carbocycles. The summed E-state index contributed by atoms with van der Waals surface area (Å²) in [5.74, 6) is 0. The molecule has 1 rings (SSSR count). The van der Waals surface area contributed by atoms with Gasteiger partial charge in [-0.15, -0.1) is 0 Å². The maximum Gasteiger partial charge on any atom is 0.0625 e. The highest BCUT2D eigenvalue weighted by Gasteiger charge is 2.05. The fourth-order valence-corrected chi connectivity index (χ4v) is 1.03. The van der Waals surface area contributed by atoms with Crippen LogP contribution in [0.2, 0.25) is 0 Å². The molecular formula is C8H15N3O. The van der Waals surface area contributed by atoms with E-state index in [0.29, 0.717) is 0 Å². The van der Waals surface area contributed by atoms with Crippen molar-refractivity contribution in [3.05, 3.63) is 18.0 Å². The Hall–Kier alpha value is -0.870. The monoisotopic (exact) mass is 169 g/mol. The summed E-state index contributed by atoms with van der Waals surface area (Å²) in [6, 6.07) is -0.296. The molecule has 0 fully saturated rings. The van der Waals surface area contributed by atoms with Crippen molar-refractivity contribution in [2.24, 2.45) is 5.73 Å². The second-order valence-electron chi connectivity index (χ2n) is 2.83. The van der Waals surface area contributed by atoms with Crippen LogP contribution in [0.25, 0.3) is 0 Å². The number of aliphatic hydroxyl groups excluding tert-OH is 1. The summed E-state index contributed by atoms with van der Waals surface area (Å²) in [5.41, 5.74) is 6.49. The lowest BCUT2D eigenvalue weighted by Gasteiger charge is -2.02. The number of nitrogens with zero attached hydrogens (tertiary/aromatic N) is 2. The highest BCUT2D eigenvalue weighted by molar-refractivity contribution is 5.09. The SMILES string of the molecule is CCCn1cc(C(N)CO)cn1. The van der Waals surface area contributed by atoms with Gasteiger partial charge in [0.15, 0.2) is 0 Å². The maximum atomic E-state index is 8.77. The molecule has 1 atom stereocenters. The molecular weight excluding hydrogens is 154 g/mol. The first-order chi connectivity index (χ1) is 5.77. The van der Waals surface area contributed by atoms with Crippen LogP contribution in [0.15, 0.2) is 12.4 Å². The number of aromatic nitrogens is 2. The van der Waals surface area contributed by atoms with E-state index in [1.807, 2.05) is 10.9 Å². The van der Waals surface area contributed by atoms with Crippen LogP contribution in [-0.2, 0) is 6.54 Å². The van der Waals surface area contributed by atoms with E-state index in [1.165, 1.54) is 0 Å². The second kappa shape index (κ2) is 4.23. The first-order valence-corrected chi connectivity index (χ1v) is 4.16. The number of hydrogen-bond acceptors (Lipinski definition) is 3. The highest BCUT2D eigenvalue weighted by Crippen LogP contribution is 2.07. The minimum absolute atomic E-state index is 0.0299. The predicted octanol–water partition coefficient (Wildman–Crippen LogP) is 0.285. The molecule has 4 heteroatoms. The van der Waals surface area contributed by atoms with Crippen LogP contribution in [0.3, 0.4) is 0 Å². The molecule has 0 aliphatic rings. The zero-order chi connectivity index (χ0) is 8.97. The van der Waals surface area contributed by atoms with Gasteiger partial charge in [0, 0.05) is 18.3 Å². The van der Waals surface area contributed by atoms with E-state index in [9.17, 15) is 0 Å². The van der Waals surface area contributed by atoms with Crippen molar-refractivity contribution in [2.45, 2.75) is 25.9 Å². The molecule has 3 N–H and O–H groups in total. The summed E-state index contributed by atoms with van der Waals surface area (Å²) in [5, 5.41) is 12.9. The Morgan fingerprint density at radius 2 is 2.50 bits per heavy atom. The van der Waals surface area contributed by atoms with Gasteiger partial charge in [-0.05, 0) is 6.42 Å². The van der Waals surface area contributed by atoms with Crippen LogP contribution in [0.5, 0.6) is 0 Å². The van der Waals surface area contributed by atoms with E-state index in [-0.39, 0.29) is 12.6 Å². The average Bonchev–Trinajstić information content (AvgIpc) is 2.52. The van der Waals surface area contributed by atoms with Crippen LogP contribution in [0.4, 0.5) is 0 Å². The molecule has 1 unspecified atom stereocenters. The van der Waals surface area contributed by atoms with Crippen LogP contribution in [0.1, 0.15) is 24.9 Å². The van der Waals surface area contributed by atoms with Crippen molar-refractivity contribution in [2.75, 3.05) is 6.61 Å². The first-order valence-electron chi connectivity index (χ1n) is 4.16. The lowest BCUT2D eigenvalue weighted by atomic mass is 10.2. The number of nitrogens with two attached hydrogens (primary N) is 1. The van der Waals surface area contributed by atoms with E-state index < -0.39 is 0 Å². The quantitative estimate of drug-likeness (QED) is 0.680. The van der Waals surface area contributed by atoms with Gasteiger partial charge in [-0.1, -0.05) is 6.92 Å². The molecule has 0 aliphatic carbocycles. The lowest BCUT2D eigenvalue weighted by Crippen LogP contribution is -2.13. The maximum absolute atomic E-state index is 8.77. The fourth-order valence-electron chi connectivity index (χ4n) is 1.03. The van der Waals surface area contributed by atoms with Gasteiger partial charge in [-0.25, -0.2) is 0 Å². The summed E-state index contributed by atoms with van der Waals surface area (Å²) in [4.78, 5) is 0. The number of rotatable bonds is 4. The molecule has 68 valence electrons. The third-order valence-corrected chi connectivity index (χ3v) is 1.73. The predicted molar refractivity (Wildman–Crippen MR) is 46.5 cm³/mol. The Bertz CT molecular complexity index is 234. The third-order valence-electron chi connectivity index (χ3n) is 1.73. The zero-order valence-electron chi connectivity index (χ0n) is 7.27. The summed E-state index contributed by atoms with van der Waals surface area (Å²) < 4.78 is 1.84. The molecule has 0 saturated heterocycles. The van der Waals surface area contributed by atoms with E-state index in [2.05, 4.69) is 12.0 Å². The molecule has 0 radical (unpaired) electrons. The van der Waals surface area contributed by atoms with Gasteiger partial charge in [0.25, 0.3) is 0 Å². The molecule has 0 spiro atoms. The minimum Gasteiger partial charge on any atom is -0.394 e. The Morgan fingerprint density at radius 1 is 1.75 bits per heavy atom. The zero-order valence-corrected chi connectivity index (χ0v) is 7.27. The minimum atomic E-state index is -0.296.